The zero-order valence-electron chi connectivity index (χ0n) is 14.0. The first-order valence-electron chi connectivity index (χ1n) is 9.01. The Hall–Kier alpha value is -1.97. The van der Waals surface area contributed by atoms with Crippen molar-refractivity contribution in [3.8, 4) is 17.0 Å². The van der Waals surface area contributed by atoms with Crippen molar-refractivity contribution in [2.24, 2.45) is 5.92 Å². The van der Waals surface area contributed by atoms with Gasteiger partial charge in [-0.1, -0.05) is 35.9 Å². The zero-order chi connectivity index (χ0) is 17.0. The van der Waals surface area contributed by atoms with Crippen molar-refractivity contribution in [3.05, 3.63) is 53.7 Å². The maximum absolute atomic E-state index is 10.9. The topological polar surface area (TPSA) is 28.4 Å². The minimum atomic E-state index is 0.397. The first-order chi connectivity index (χ1) is 12.2. The predicted octanol–water partition coefficient (Wildman–Crippen LogP) is 4.93. The minimum absolute atomic E-state index is 0.397. The molecule has 1 N–H and O–H groups in total. The SMILES string of the molecule is Oc1c2cc(-c3ccc(Cl)cc3)ccc2cn1[C@H]1CN2CCC1CC2. The molecule has 3 aliphatic rings. The Kier molecular flexibility index (Phi) is 3.54. The molecule has 1 aromatic heterocycles. The molecule has 0 amide bonds. The van der Waals surface area contributed by atoms with Crippen LogP contribution in [0.25, 0.3) is 21.9 Å². The van der Waals surface area contributed by atoms with Crippen molar-refractivity contribution >= 4 is 22.4 Å². The molecule has 0 aliphatic carbocycles. The number of fused-ring (bicyclic) bond motifs is 4. The summed E-state index contributed by atoms with van der Waals surface area (Å²) in [5, 5.41) is 13.7. The molecule has 128 valence electrons. The molecule has 3 nitrogen and oxygen atoms in total. The number of halogens is 1. The maximum Gasteiger partial charge on any atom is 0.199 e. The zero-order valence-corrected chi connectivity index (χ0v) is 14.8. The third kappa shape index (κ3) is 2.54. The summed E-state index contributed by atoms with van der Waals surface area (Å²) in [6.07, 6.45) is 4.62. The van der Waals surface area contributed by atoms with Crippen molar-refractivity contribution < 1.29 is 5.11 Å². The number of aromatic nitrogens is 1. The minimum Gasteiger partial charge on any atom is -0.494 e. The van der Waals surface area contributed by atoms with E-state index in [0.29, 0.717) is 17.8 Å². The first kappa shape index (κ1) is 15.3. The highest BCUT2D eigenvalue weighted by Gasteiger charge is 2.36. The van der Waals surface area contributed by atoms with E-state index in [9.17, 15) is 5.11 Å². The average molecular weight is 353 g/mol. The van der Waals surface area contributed by atoms with Gasteiger partial charge in [0.05, 0.1) is 6.04 Å². The first-order valence-corrected chi connectivity index (χ1v) is 9.39. The molecule has 4 heterocycles. The smallest absolute Gasteiger partial charge is 0.199 e. The number of nitrogens with zero attached hydrogens (tertiary/aromatic N) is 2. The quantitative estimate of drug-likeness (QED) is 0.708. The number of rotatable bonds is 2. The summed E-state index contributed by atoms with van der Waals surface area (Å²) in [6, 6.07) is 14.6. The van der Waals surface area contributed by atoms with Crippen LogP contribution in [0.4, 0.5) is 0 Å². The molecule has 4 heteroatoms. The van der Waals surface area contributed by atoms with Gasteiger partial charge >= 0.3 is 0 Å². The van der Waals surface area contributed by atoms with Gasteiger partial charge in [-0.3, -0.25) is 0 Å². The predicted molar refractivity (Wildman–Crippen MR) is 102 cm³/mol. The summed E-state index contributed by atoms with van der Waals surface area (Å²) < 4.78 is 2.12. The molecule has 3 aromatic rings. The molecule has 3 fully saturated rings. The molecule has 0 spiro atoms. The molecule has 6 rings (SSSR count). The highest BCUT2D eigenvalue weighted by molar-refractivity contribution is 6.30. The van der Waals surface area contributed by atoms with Crippen molar-refractivity contribution in [1.82, 2.24) is 9.47 Å². The van der Waals surface area contributed by atoms with Crippen LogP contribution in [0.5, 0.6) is 5.88 Å². The van der Waals surface area contributed by atoms with E-state index in [2.05, 4.69) is 33.9 Å². The van der Waals surface area contributed by atoms with Crippen LogP contribution in [0.3, 0.4) is 0 Å². The van der Waals surface area contributed by atoms with E-state index >= 15 is 0 Å². The Morgan fingerprint density at radius 2 is 1.68 bits per heavy atom. The van der Waals surface area contributed by atoms with Crippen molar-refractivity contribution in [3.63, 3.8) is 0 Å². The van der Waals surface area contributed by atoms with Crippen LogP contribution in [0.15, 0.2) is 48.7 Å². The summed E-state index contributed by atoms with van der Waals surface area (Å²) in [7, 11) is 0. The summed E-state index contributed by atoms with van der Waals surface area (Å²) in [5.74, 6) is 1.10. The average Bonchev–Trinajstić information content (AvgIpc) is 2.99. The standard InChI is InChI=1S/C21H21ClN2O/c22-18-5-3-14(4-6-18)16-1-2-17-12-24(21(25)19(17)11-16)20-13-23-9-7-15(20)8-10-23/h1-6,11-12,15,20,25H,7-10,13H2/t20-/m0/s1. The number of benzene rings is 2. The highest BCUT2D eigenvalue weighted by Crippen LogP contribution is 2.41. The molecule has 1 atom stereocenters. The van der Waals surface area contributed by atoms with Crippen LogP contribution >= 0.6 is 11.6 Å². The lowest BCUT2D eigenvalue weighted by molar-refractivity contribution is 0.0541. The Morgan fingerprint density at radius 3 is 2.36 bits per heavy atom. The van der Waals surface area contributed by atoms with Crippen LogP contribution in [0.2, 0.25) is 5.02 Å². The molecule has 3 saturated heterocycles. The van der Waals surface area contributed by atoms with Gasteiger partial charge in [0.1, 0.15) is 0 Å². The maximum atomic E-state index is 10.9. The van der Waals surface area contributed by atoms with Crippen LogP contribution in [0.1, 0.15) is 18.9 Å². The van der Waals surface area contributed by atoms with Crippen LogP contribution in [-0.2, 0) is 0 Å². The molecule has 0 saturated carbocycles. The van der Waals surface area contributed by atoms with E-state index in [-0.39, 0.29) is 0 Å². The number of piperidine rings is 3. The lowest BCUT2D eigenvalue weighted by Gasteiger charge is -2.45. The van der Waals surface area contributed by atoms with Crippen molar-refractivity contribution in [2.75, 3.05) is 19.6 Å². The van der Waals surface area contributed by atoms with Crippen LogP contribution in [0, 0.1) is 5.92 Å². The summed E-state index contributed by atoms with van der Waals surface area (Å²) in [4.78, 5) is 2.52. The summed E-state index contributed by atoms with van der Waals surface area (Å²) in [5.41, 5.74) is 2.22. The summed E-state index contributed by atoms with van der Waals surface area (Å²) >= 11 is 5.99. The van der Waals surface area contributed by atoms with E-state index in [0.717, 1.165) is 33.5 Å². The molecular weight excluding hydrogens is 332 g/mol. The lowest BCUT2D eigenvalue weighted by Crippen LogP contribution is -2.47. The van der Waals surface area contributed by atoms with Crippen LogP contribution in [-0.4, -0.2) is 34.2 Å². The van der Waals surface area contributed by atoms with Gasteiger partial charge in [-0.2, -0.15) is 0 Å². The van der Waals surface area contributed by atoms with E-state index in [1.807, 2.05) is 24.3 Å². The van der Waals surface area contributed by atoms with Crippen molar-refractivity contribution in [1.29, 1.82) is 0 Å². The van der Waals surface area contributed by atoms with Gasteiger partial charge in [0.25, 0.3) is 0 Å². The molecular formula is C21H21ClN2O. The Balaban J connectivity index is 1.56. The fourth-order valence-electron chi connectivity index (χ4n) is 4.54. The second kappa shape index (κ2) is 5.79. The molecule has 0 radical (unpaired) electrons. The fraction of sp³-hybridized carbons (Fsp3) is 0.333. The normalized spacial score (nSPS) is 25.6. The molecule has 3 aliphatic heterocycles. The second-order valence-corrected chi connectivity index (χ2v) is 7.81. The molecule has 0 unspecified atom stereocenters. The molecule has 25 heavy (non-hydrogen) atoms. The van der Waals surface area contributed by atoms with Crippen LogP contribution < -0.4 is 0 Å². The number of aromatic hydroxyl groups is 1. The van der Waals surface area contributed by atoms with Gasteiger partial charge in [-0.15, -0.1) is 0 Å². The Morgan fingerprint density at radius 1 is 0.960 bits per heavy atom. The monoisotopic (exact) mass is 352 g/mol. The lowest BCUT2D eigenvalue weighted by atomic mass is 9.84. The van der Waals surface area contributed by atoms with Gasteiger partial charge in [0, 0.05) is 28.5 Å². The largest absolute Gasteiger partial charge is 0.494 e. The van der Waals surface area contributed by atoms with Gasteiger partial charge in [0.15, 0.2) is 5.88 Å². The summed E-state index contributed by atoms with van der Waals surface area (Å²) in [6.45, 7) is 3.48. The molecule has 2 bridgehead atoms. The van der Waals surface area contributed by atoms with E-state index in [1.165, 1.54) is 25.9 Å². The van der Waals surface area contributed by atoms with E-state index in [4.69, 9.17) is 11.6 Å². The number of hydrogen-bond donors (Lipinski definition) is 1. The Bertz CT molecular complexity index is 923. The Labute approximate surface area is 152 Å². The van der Waals surface area contributed by atoms with Gasteiger partial charge in [0.2, 0.25) is 0 Å². The van der Waals surface area contributed by atoms with Gasteiger partial charge in [-0.05, 0) is 61.2 Å². The second-order valence-electron chi connectivity index (χ2n) is 7.37. The highest BCUT2D eigenvalue weighted by atomic mass is 35.5. The number of hydrogen-bond acceptors (Lipinski definition) is 2. The third-order valence-corrected chi connectivity index (χ3v) is 6.23. The van der Waals surface area contributed by atoms with E-state index in [1.54, 1.807) is 0 Å². The van der Waals surface area contributed by atoms with E-state index < -0.39 is 0 Å². The van der Waals surface area contributed by atoms with Gasteiger partial charge < -0.3 is 14.6 Å². The van der Waals surface area contributed by atoms with Gasteiger partial charge in [-0.25, -0.2) is 0 Å². The third-order valence-electron chi connectivity index (χ3n) is 5.97. The van der Waals surface area contributed by atoms with Crippen molar-refractivity contribution in [2.45, 2.75) is 18.9 Å². The molecule has 2 aromatic carbocycles. The fourth-order valence-corrected chi connectivity index (χ4v) is 4.66.